The molecule has 0 saturated heterocycles. The van der Waals surface area contributed by atoms with Crippen LogP contribution < -0.4 is 4.90 Å². The van der Waals surface area contributed by atoms with Gasteiger partial charge in [0.25, 0.3) is 0 Å². The van der Waals surface area contributed by atoms with E-state index < -0.39 is 0 Å². The highest BCUT2D eigenvalue weighted by atomic mass is 15.1. The molecule has 0 radical (unpaired) electrons. The quantitative estimate of drug-likeness (QED) is 0.172. The Morgan fingerprint density at radius 1 is 0.481 bits per heavy atom. The van der Waals surface area contributed by atoms with Gasteiger partial charge in [-0.2, -0.15) is 0 Å². The SMILES string of the molecule is CC1C=Cc2c(n(-c3ccccc3)c3c2ccc2c3c3ccccc3n2-c2ccc(N(c3ccccc3)c3ccc(-c4ccccc4)cc3)cc2)C1. The fourth-order valence-electron chi connectivity index (χ4n) is 8.27. The van der Waals surface area contributed by atoms with Crippen molar-refractivity contribution in [1.82, 2.24) is 9.13 Å². The maximum absolute atomic E-state index is 2.54. The van der Waals surface area contributed by atoms with Gasteiger partial charge in [-0.15, -0.1) is 0 Å². The van der Waals surface area contributed by atoms with Crippen molar-refractivity contribution in [3.8, 4) is 22.5 Å². The van der Waals surface area contributed by atoms with Crippen LogP contribution in [-0.4, -0.2) is 9.13 Å². The highest BCUT2D eigenvalue weighted by molar-refractivity contribution is 6.22. The summed E-state index contributed by atoms with van der Waals surface area (Å²) in [6.07, 6.45) is 5.73. The molecule has 0 bridgehead atoms. The molecule has 248 valence electrons. The first-order chi connectivity index (χ1) is 25.7. The van der Waals surface area contributed by atoms with E-state index >= 15 is 0 Å². The first kappa shape index (κ1) is 30.3. The van der Waals surface area contributed by atoms with Gasteiger partial charge >= 0.3 is 0 Å². The fraction of sp³-hybridized carbons (Fsp3) is 0.0612. The maximum atomic E-state index is 2.54. The summed E-state index contributed by atoms with van der Waals surface area (Å²) >= 11 is 0. The normalized spacial score (nSPS) is 13.9. The van der Waals surface area contributed by atoms with Crippen LogP contribution in [0.4, 0.5) is 17.1 Å². The molecule has 0 N–H and O–H groups in total. The summed E-state index contributed by atoms with van der Waals surface area (Å²) < 4.78 is 4.98. The van der Waals surface area contributed by atoms with E-state index in [0.717, 1.165) is 29.2 Å². The lowest BCUT2D eigenvalue weighted by atomic mass is 9.94. The van der Waals surface area contributed by atoms with Gasteiger partial charge in [-0.3, -0.25) is 0 Å². The molecule has 0 spiro atoms. The van der Waals surface area contributed by atoms with Crippen LogP contribution in [0.2, 0.25) is 0 Å². The van der Waals surface area contributed by atoms with Crippen molar-refractivity contribution < 1.29 is 0 Å². The summed E-state index contributed by atoms with van der Waals surface area (Å²) in [7, 11) is 0. The van der Waals surface area contributed by atoms with Crippen LogP contribution in [0.3, 0.4) is 0 Å². The number of hydrogen-bond acceptors (Lipinski definition) is 1. The van der Waals surface area contributed by atoms with Crippen LogP contribution in [0.5, 0.6) is 0 Å². The zero-order valence-corrected chi connectivity index (χ0v) is 29.0. The van der Waals surface area contributed by atoms with E-state index in [4.69, 9.17) is 0 Å². The number of para-hydroxylation sites is 3. The standard InChI is InChI=1S/C49H37N3/c1-34-21-30-42-43-31-32-46-48(49(43)52(47(42)33-34)38-17-9-4-10-18-38)44-19-11-12-20-45(44)51(46)41-28-26-40(27-29-41)50(37-15-7-3-8-16-37)39-24-22-36(23-25-39)35-13-5-2-6-14-35/h2-32,34H,33H2,1H3. The van der Waals surface area contributed by atoms with Crippen molar-refractivity contribution in [2.24, 2.45) is 5.92 Å². The summed E-state index contributed by atoms with van der Waals surface area (Å²) in [5.41, 5.74) is 14.6. The fourth-order valence-corrected chi connectivity index (χ4v) is 8.27. The van der Waals surface area contributed by atoms with Gasteiger partial charge in [0.2, 0.25) is 0 Å². The number of nitrogens with zero attached hydrogens (tertiary/aromatic N) is 3. The van der Waals surface area contributed by atoms with Gasteiger partial charge in [-0.1, -0.05) is 122 Å². The highest BCUT2D eigenvalue weighted by Gasteiger charge is 2.25. The lowest BCUT2D eigenvalue weighted by molar-refractivity contribution is 0.691. The van der Waals surface area contributed by atoms with Gasteiger partial charge in [0.1, 0.15) is 0 Å². The molecule has 0 aliphatic heterocycles. The number of allylic oxidation sites excluding steroid dienone is 1. The number of anilines is 3. The van der Waals surface area contributed by atoms with E-state index in [9.17, 15) is 0 Å². The zero-order valence-electron chi connectivity index (χ0n) is 29.0. The third kappa shape index (κ3) is 4.89. The Balaban J connectivity index is 1.14. The van der Waals surface area contributed by atoms with Crippen molar-refractivity contribution in [2.45, 2.75) is 13.3 Å². The van der Waals surface area contributed by atoms with E-state index in [1.807, 2.05) is 0 Å². The Morgan fingerprint density at radius 2 is 1.06 bits per heavy atom. The van der Waals surface area contributed by atoms with Crippen molar-refractivity contribution in [3.63, 3.8) is 0 Å². The van der Waals surface area contributed by atoms with Gasteiger partial charge in [0.05, 0.1) is 16.6 Å². The average Bonchev–Trinajstić information content (AvgIpc) is 3.72. The van der Waals surface area contributed by atoms with Crippen molar-refractivity contribution >= 4 is 55.8 Å². The molecule has 2 aromatic heterocycles. The molecule has 7 aromatic carbocycles. The molecule has 0 fully saturated rings. The molecular formula is C49H37N3. The molecule has 1 aliphatic rings. The predicted molar refractivity (Wildman–Crippen MR) is 220 cm³/mol. The largest absolute Gasteiger partial charge is 0.312 e. The topological polar surface area (TPSA) is 13.1 Å². The molecule has 0 saturated carbocycles. The molecule has 1 atom stereocenters. The maximum Gasteiger partial charge on any atom is 0.0638 e. The molecule has 10 rings (SSSR count). The lowest BCUT2D eigenvalue weighted by Gasteiger charge is -2.26. The van der Waals surface area contributed by atoms with Gasteiger partial charge in [-0.05, 0) is 96.3 Å². The second kappa shape index (κ2) is 12.3. The van der Waals surface area contributed by atoms with E-state index in [1.165, 1.54) is 60.8 Å². The number of benzene rings is 7. The molecule has 3 nitrogen and oxygen atoms in total. The summed E-state index contributed by atoms with van der Waals surface area (Å²) in [4.78, 5) is 2.33. The molecule has 1 aliphatic carbocycles. The second-order valence-electron chi connectivity index (χ2n) is 13.9. The minimum absolute atomic E-state index is 0.492. The minimum atomic E-state index is 0.492. The molecule has 9 aromatic rings. The predicted octanol–water partition coefficient (Wildman–Crippen LogP) is 13.1. The van der Waals surface area contributed by atoms with E-state index in [0.29, 0.717) is 5.92 Å². The van der Waals surface area contributed by atoms with Crippen LogP contribution in [0, 0.1) is 5.92 Å². The average molecular weight is 668 g/mol. The molecule has 1 unspecified atom stereocenters. The van der Waals surface area contributed by atoms with Crippen LogP contribution in [-0.2, 0) is 6.42 Å². The summed E-state index contributed by atoms with van der Waals surface area (Å²) in [5.74, 6) is 0.492. The Labute approximate surface area is 303 Å². The van der Waals surface area contributed by atoms with E-state index in [-0.39, 0.29) is 0 Å². The molecule has 52 heavy (non-hydrogen) atoms. The zero-order chi connectivity index (χ0) is 34.6. The molecule has 2 heterocycles. The van der Waals surface area contributed by atoms with Gasteiger partial charge < -0.3 is 14.0 Å². The van der Waals surface area contributed by atoms with Crippen LogP contribution in [0.15, 0.2) is 182 Å². The number of hydrogen-bond donors (Lipinski definition) is 0. The second-order valence-corrected chi connectivity index (χ2v) is 13.9. The Kier molecular flexibility index (Phi) is 7.17. The number of fused-ring (bicyclic) bond motifs is 7. The minimum Gasteiger partial charge on any atom is -0.312 e. The first-order valence-corrected chi connectivity index (χ1v) is 18.2. The summed E-state index contributed by atoms with van der Waals surface area (Å²) in [6, 6.07) is 63.6. The van der Waals surface area contributed by atoms with Gasteiger partial charge in [0, 0.05) is 55.9 Å². The molecular weight excluding hydrogens is 631 g/mol. The van der Waals surface area contributed by atoms with Gasteiger partial charge in [-0.25, -0.2) is 0 Å². The number of aromatic nitrogens is 2. The molecule has 0 amide bonds. The Morgan fingerprint density at radius 3 is 1.79 bits per heavy atom. The Bertz CT molecular complexity index is 2740. The third-order valence-electron chi connectivity index (χ3n) is 10.6. The highest BCUT2D eigenvalue weighted by Crippen LogP contribution is 2.43. The van der Waals surface area contributed by atoms with Gasteiger partial charge in [0.15, 0.2) is 0 Å². The number of rotatable bonds is 6. The van der Waals surface area contributed by atoms with Crippen LogP contribution >= 0.6 is 0 Å². The van der Waals surface area contributed by atoms with Crippen molar-refractivity contribution in [1.29, 1.82) is 0 Å². The van der Waals surface area contributed by atoms with Crippen molar-refractivity contribution in [3.05, 3.63) is 193 Å². The van der Waals surface area contributed by atoms with Crippen LogP contribution in [0.1, 0.15) is 18.2 Å². The van der Waals surface area contributed by atoms with Crippen molar-refractivity contribution in [2.75, 3.05) is 4.90 Å². The summed E-state index contributed by atoms with van der Waals surface area (Å²) in [6.45, 7) is 2.32. The third-order valence-corrected chi connectivity index (χ3v) is 10.6. The smallest absolute Gasteiger partial charge is 0.0638 e. The Hall–Kier alpha value is -6.58. The molecule has 3 heteroatoms. The van der Waals surface area contributed by atoms with E-state index in [2.05, 4.69) is 209 Å². The summed E-state index contributed by atoms with van der Waals surface area (Å²) in [5, 5.41) is 3.87. The van der Waals surface area contributed by atoms with Crippen LogP contribution in [0.25, 0.3) is 61.3 Å². The lowest BCUT2D eigenvalue weighted by Crippen LogP contribution is -2.10. The monoisotopic (exact) mass is 667 g/mol. The van der Waals surface area contributed by atoms with E-state index in [1.54, 1.807) is 0 Å². The first-order valence-electron chi connectivity index (χ1n) is 18.2.